The molecular weight excluding hydrogens is 316 g/mol. The minimum absolute atomic E-state index is 0.308. The first kappa shape index (κ1) is 15.8. The van der Waals surface area contributed by atoms with Crippen LogP contribution in [-0.4, -0.2) is 35.3 Å². The predicted molar refractivity (Wildman–Crippen MR) is 95.2 cm³/mol. The third-order valence-corrected chi connectivity index (χ3v) is 4.61. The van der Waals surface area contributed by atoms with Crippen LogP contribution in [-0.2, 0) is 9.47 Å². The number of hydrogen-bond acceptors (Lipinski definition) is 4. The van der Waals surface area contributed by atoms with Crippen molar-refractivity contribution >= 4 is 17.0 Å². The first-order valence-electron chi connectivity index (χ1n) is 8.58. The Balaban J connectivity index is 1.70. The molecule has 5 heteroatoms. The standard InChI is InChI=1S/C20H20N2O3/c1-2-25-20(23)15-4-3-5-17(10-15)22-13-21-18-11-14(6-7-19(18)22)16-8-9-24-12-16/h3-7,10-11,13,16H,2,8-9,12H2,1H3/t16-/m1/s1. The van der Waals surface area contributed by atoms with Gasteiger partial charge >= 0.3 is 5.97 Å². The number of aromatic nitrogens is 2. The fourth-order valence-electron chi connectivity index (χ4n) is 3.28. The van der Waals surface area contributed by atoms with E-state index in [0.29, 0.717) is 18.1 Å². The van der Waals surface area contributed by atoms with E-state index < -0.39 is 0 Å². The van der Waals surface area contributed by atoms with Gasteiger partial charge in [-0.25, -0.2) is 9.78 Å². The van der Waals surface area contributed by atoms with Crippen molar-refractivity contribution in [1.82, 2.24) is 9.55 Å². The van der Waals surface area contributed by atoms with Crippen molar-refractivity contribution in [1.29, 1.82) is 0 Å². The van der Waals surface area contributed by atoms with Crippen LogP contribution in [0.25, 0.3) is 16.7 Å². The highest BCUT2D eigenvalue weighted by molar-refractivity contribution is 5.90. The van der Waals surface area contributed by atoms with Gasteiger partial charge in [-0.05, 0) is 49.2 Å². The molecule has 25 heavy (non-hydrogen) atoms. The van der Waals surface area contributed by atoms with Gasteiger partial charge in [-0.2, -0.15) is 0 Å². The number of rotatable bonds is 4. The number of carbonyl (C=O) groups excluding carboxylic acids is 1. The largest absolute Gasteiger partial charge is 0.462 e. The first-order valence-corrected chi connectivity index (χ1v) is 8.58. The Bertz CT molecular complexity index is 910. The summed E-state index contributed by atoms with van der Waals surface area (Å²) in [6.07, 6.45) is 2.86. The Labute approximate surface area is 146 Å². The smallest absolute Gasteiger partial charge is 0.338 e. The average molecular weight is 336 g/mol. The van der Waals surface area contributed by atoms with Crippen molar-refractivity contribution in [3.63, 3.8) is 0 Å². The van der Waals surface area contributed by atoms with Gasteiger partial charge in [-0.3, -0.25) is 4.57 Å². The van der Waals surface area contributed by atoms with Gasteiger partial charge in [0.15, 0.2) is 0 Å². The molecule has 0 amide bonds. The van der Waals surface area contributed by atoms with E-state index in [1.165, 1.54) is 5.56 Å². The summed E-state index contributed by atoms with van der Waals surface area (Å²) in [6.45, 7) is 3.79. The lowest BCUT2D eigenvalue weighted by molar-refractivity contribution is 0.0526. The highest BCUT2D eigenvalue weighted by Crippen LogP contribution is 2.28. The van der Waals surface area contributed by atoms with Gasteiger partial charge in [-0.1, -0.05) is 12.1 Å². The number of nitrogens with zero attached hydrogens (tertiary/aromatic N) is 2. The van der Waals surface area contributed by atoms with Gasteiger partial charge in [0.2, 0.25) is 0 Å². The summed E-state index contributed by atoms with van der Waals surface area (Å²) >= 11 is 0. The molecule has 1 saturated heterocycles. The van der Waals surface area contributed by atoms with Gasteiger partial charge < -0.3 is 9.47 Å². The molecule has 1 aliphatic heterocycles. The molecule has 5 nitrogen and oxygen atoms in total. The molecule has 0 bridgehead atoms. The number of hydrogen-bond donors (Lipinski definition) is 0. The number of benzene rings is 2. The Morgan fingerprint density at radius 3 is 3.04 bits per heavy atom. The molecule has 128 valence electrons. The van der Waals surface area contributed by atoms with Crippen LogP contribution in [0.15, 0.2) is 48.8 Å². The van der Waals surface area contributed by atoms with Crippen molar-refractivity contribution < 1.29 is 14.3 Å². The molecule has 0 radical (unpaired) electrons. The number of imidazole rings is 1. The lowest BCUT2D eigenvalue weighted by Gasteiger charge is -2.09. The van der Waals surface area contributed by atoms with Crippen LogP contribution < -0.4 is 0 Å². The summed E-state index contributed by atoms with van der Waals surface area (Å²) in [5.74, 6) is 0.152. The molecule has 1 aliphatic rings. The fourth-order valence-corrected chi connectivity index (χ4v) is 3.28. The van der Waals surface area contributed by atoms with Crippen LogP contribution in [0.4, 0.5) is 0 Å². The highest BCUT2D eigenvalue weighted by atomic mass is 16.5. The topological polar surface area (TPSA) is 53.4 Å². The molecular formula is C20H20N2O3. The average Bonchev–Trinajstić information content (AvgIpc) is 3.31. The summed E-state index contributed by atoms with van der Waals surface area (Å²) in [5, 5.41) is 0. The third kappa shape index (κ3) is 3.03. The van der Waals surface area contributed by atoms with E-state index in [4.69, 9.17) is 9.47 Å². The zero-order valence-corrected chi connectivity index (χ0v) is 14.1. The van der Waals surface area contributed by atoms with E-state index >= 15 is 0 Å². The molecule has 2 heterocycles. The van der Waals surface area contributed by atoms with E-state index in [1.807, 2.05) is 22.8 Å². The molecule has 3 aromatic rings. The molecule has 1 aromatic heterocycles. The first-order chi connectivity index (χ1) is 12.3. The van der Waals surface area contributed by atoms with Gasteiger partial charge in [0, 0.05) is 18.2 Å². The lowest BCUT2D eigenvalue weighted by Crippen LogP contribution is -2.05. The minimum atomic E-state index is -0.308. The Morgan fingerprint density at radius 1 is 1.32 bits per heavy atom. The second-order valence-corrected chi connectivity index (χ2v) is 6.19. The normalized spacial score (nSPS) is 17.1. The maximum Gasteiger partial charge on any atom is 0.338 e. The minimum Gasteiger partial charge on any atom is -0.462 e. The Hall–Kier alpha value is -2.66. The fraction of sp³-hybridized carbons (Fsp3) is 0.300. The van der Waals surface area contributed by atoms with E-state index in [1.54, 1.807) is 19.3 Å². The quantitative estimate of drug-likeness (QED) is 0.682. The lowest BCUT2D eigenvalue weighted by atomic mass is 9.98. The van der Waals surface area contributed by atoms with Crippen molar-refractivity contribution in [2.24, 2.45) is 0 Å². The van der Waals surface area contributed by atoms with Crippen molar-refractivity contribution in [3.8, 4) is 5.69 Å². The van der Waals surface area contributed by atoms with Crippen molar-refractivity contribution in [3.05, 3.63) is 59.9 Å². The summed E-state index contributed by atoms with van der Waals surface area (Å²) in [4.78, 5) is 16.5. The zero-order chi connectivity index (χ0) is 17.2. The maximum atomic E-state index is 12.0. The molecule has 0 N–H and O–H groups in total. The van der Waals surface area contributed by atoms with E-state index in [9.17, 15) is 4.79 Å². The summed E-state index contributed by atoms with van der Waals surface area (Å²) < 4.78 is 12.6. The van der Waals surface area contributed by atoms with Crippen molar-refractivity contribution in [2.45, 2.75) is 19.3 Å². The molecule has 4 rings (SSSR count). The second kappa shape index (κ2) is 6.69. The van der Waals surface area contributed by atoms with Gasteiger partial charge in [-0.15, -0.1) is 0 Å². The molecule has 2 aromatic carbocycles. The zero-order valence-electron chi connectivity index (χ0n) is 14.1. The van der Waals surface area contributed by atoms with Gasteiger partial charge in [0.1, 0.15) is 6.33 Å². The Morgan fingerprint density at radius 2 is 2.24 bits per heavy atom. The van der Waals surface area contributed by atoms with E-state index in [2.05, 4.69) is 23.2 Å². The number of esters is 1. The van der Waals surface area contributed by atoms with E-state index in [0.717, 1.165) is 36.4 Å². The summed E-state index contributed by atoms with van der Waals surface area (Å²) in [5.41, 5.74) is 4.68. The van der Waals surface area contributed by atoms with Crippen molar-refractivity contribution in [2.75, 3.05) is 19.8 Å². The van der Waals surface area contributed by atoms with Crippen LogP contribution in [0.1, 0.15) is 35.2 Å². The molecule has 1 atom stereocenters. The number of carbonyl (C=O) groups is 1. The molecule has 0 unspecified atom stereocenters. The summed E-state index contributed by atoms with van der Waals surface area (Å²) in [7, 11) is 0. The van der Waals surface area contributed by atoms with Gasteiger partial charge in [0.25, 0.3) is 0 Å². The number of fused-ring (bicyclic) bond motifs is 1. The molecule has 0 aliphatic carbocycles. The van der Waals surface area contributed by atoms with E-state index in [-0.39, 0.29) is 5.97 Å². The van der Waals surface area contributed by atoms with Crippen LogP contribution in [0, 0.1) is 0 Å². The Kier molecular flexibility index (Phi) is 4.24. The molecule has 0 spiro atoms. The SMILES string of the molecule is CCOC(=O)c1cccc(-n2cnc3cc([C@@H]4CCOC4)ccc32)c1. The molecule has 0 saturated carbocycles. The monoisotopic (exact) mass is 336 g/mol. The van der Waals surface area contributed by atoms with Crippen LogP contribution in [0.3, 0.4) is 0 Å². The highest BCUT2D eigenvalue weighted by Gasteiger charge is 2.18. The van der Waals surface area contributed by atoms with Gasteiger partial charge in [0.05, 0.1) is 29.8 Å². The number of ether oxygens (including phenoxy) is 2. The van der Waals surface area contributed by atoms with Crippen LogP contribution >= 0.6 is 0 Å². The van der Waals surface area contributed by atoms with Crippen LogP contribution in [0.5, 0.6) is 0 Å². The second-order valence-electron chi connectivity index (χ2n) is 6.19. The predicted octanol–water partition coefficient (Wildman–Crippen LogP) is 3.71. The maximum absolute atomic E-state index is 12.0. The van der Waals surface area contributed by atoms with Crippen LogP contribution in [0.2, 0.25) is 0 Å². The third-order valence-electron chi connectivity index (χ3n) is 4.61. The summed E-state index contributed by atoms with van der Waals surface area (Å²) in [6, 6.07) is 13.8. The molecule has 1 fully saturated rings.